The molecule has 4 aliphatic rings. The second-order valence-electron chi connectivity index (χ2n) is 9.72. The van der Waals surface area contributed by atoms with Gasteiger partial charge in [-0.1, -0.05) is 37.5 Å². The topological polar surface area (TPSA) is 54.0 Å². The molecule has 0 amide bonds. The van der Waals surface area contributed by atoms with Crippen LogP contribution in [0.4, 0.5) is 0 Å². The maximum absolute atomic E-state index is 10.5. The summed E-state index contributed by atoms with van der Waals surface area (Å²) in [5.74, 6) is 2.66. The lowest BCUT2D eigenvalue weighted by atomic mass is 9.74. The number of hydrogen-bond donors (Lipinski definition) is 2. The molecule has 0 aromatic rings. The lowest BCUT2D eigenvalue weighted by Crippen LogP contribution is -2.48. The molecule has 1 saturated heterocycles. The summed E-state index contributed by atoms with van der Waals surface area (Å²) in [6.45, 7) is 7.35. The Bertz CT molecular complexity index is 620. The minimum Gasteiger partial charge on any atom is -0.379 e. The summed E-state index contributed by atoms with van der Waals surface area (Å²) in [5, 5.41) is 14.4. The van der Waals surface area contributed by atoms with E-state index in [1.807, 2.05) is 0 Å². The minimum absolute atomic E-state index is 0.333. The van der Waals surface area contributed by atoms with Gasteiger partial charge in [-0.2, -0.15) is 11.8 Å². The number of aliphatic hydroxyl groups excluding tert-OH is 1. The number of allylic oxidation sites excluding steroid dienone is 3. The Balaban J connectivity index is 1.25. The highest BCUT2D eigenvalue weighted by atomic mass is 32.2. The number of nitrogens with zero attached hydrogens (tertiary/aromatic N) is 1. The van der Waals surface area contributed by atoms with Gasteiger partial charge in [0.1, 0.15) is 0 Å². The van der Waals surface area contributed by atoms with Crippen LogP contribution in [-0.2, 0) is 9.47 Å². The zero-order valence-corrected chi connectivity index (χ0v) is 20.1. The van der Waals surface area contributed by atoms with Crippen LogP contribution in [0, 0.1) is 11.8 Å². The third kappa shape index (κ3) is 6.81. The fraction of sp³-hybridized carbons (Fsp3) is 0.840. The van der Waals surface area contributed by atoms with E-state index in [0.717, 1.165) is 50.9 Å². The molecule has 31 heavy (non-hydrogen) atoms. The molecule has 1 heterocycles. The zero-order valence-electron chi connectivity index (χ0n) is 19.3. The van der Waals surface area contributed by atoms with E-state index < -0.39 is 6.41 Å². The first kappa shape index (κ1) is 23.8. The summed E-state index contributed by atoms with van der Waals surface area (Å²) in [6.07, 6.45) is 14.2. The van der Waals surface area contributed by atoms with Crippen LogP contribution < -0.4 is 5.32 Å². The molecule has 3 aliphatic carbocycles. The number of fused-ring (bicyclic) bond motifs is 1. The van der Waals surface area contributed by atoms with E-state index in [1.54, 1.807) is 11.1 Å². The summed E-state index contributed by atoms with van der Waals surface area (Å²) < 4.78 is 11.1. The molecular weight excluding hydrogens is 408 g/mol. The van der Waals surface area contributed by atoms with Crippen molar-refractivity contribution in [2.75, 3.05) is 45.2 Å². The first-order chi connectivity index (χ1) is 15.2. The largest absolute Gasteiger partial charge is 0.379 e. The number of rotatable bonds is 9. The van der Waals surface area contributed by atoms with Gasteiger partial charge in [0.2, 0.25) is 6.41 Å². The van der Waals surface area contributed by atoms with Crippen LogP contribution in [0.15, 0.2) is 23.3 Å². The van der Waals surface area contributed by atoms with Crippen LogP contribution in [0.2, 0.25) is 0 Å². The molecule has 0 aromatic heterocycles. The van der Waals surface area contributed by atoms with Crippen LogP contribution in [0.5, 0.6) is 0 Å². The molecule has 1 aliphatic heterocycles. The highest BCUT2D eigenvalue weighted by Crippen LogP contribution is 2.42. The molecule has 0 aromatic carbocycles. The summed E-state index contributed by atoms with van der Waals surface area (Å²) >= 11 is 2.12. The number of nitrogens with one attached hydrogen (secondary N) is 1. The molecule has 4 unspecified atom stereocenters. The Morgan fingerprint density at radius 2 is 2.03 bits per heavy atom. The Morgan fingerprint density at radius 3 is 2.90 bits per heavy atom. The number of ether oxygens (including phenoxy) is 2. The summed E-state index contributed by atoms with van der Waals surface area (Å²) in [7, 11) is 0. The third-order valence-corrected chi connectivity index (χ3v) is 9.10. The number of aliphatic hydroxyl groups is 1. The van der Waals surface area contributed by atoms with Crippen molar-refractivity contribution in [1.29, 1.82) is 0 Å². The fourth-order valence-corrected chi connectivity index (χ4v) is 7.26. The molecular formula is C25H42N2O3S. The normalized spacial score (nSPS) is 33.4. The van der Waals surface area contributed by atoms with Crippen molar-refractivity contribution in [3.63, 3.8) is 0 Å². The molecule has 176 valence electrons. The second-order valence-corrected chi connectivity index (χ2v) is 10.9. The van der Waals surface area contributed by atoms with Crippen LogP contribution >= 0.6 is 11.8 Å². The molecule has 0 spiro atoms. The SMILES string of the molecule is CC1CCC2CCC=CC2=C1CSC1CCCCC1N[C@@H](O)OCCN1CCOCC1. The van der Waals surface area contributed by atoms with Crippen LogP contribution in [0.3, 0.4) is 0 Å². The third-order valence-electron chi connectivity index (χ3n) is 7.63. The van der Waals surface area contributed by atoms with Gasteiger partial charge in [0.25, 0.3) is 0 Å². The molecule has 4 rings (SSSR count). The van der Waals surface area contributed by atoms with Crippen LogP contribution in [0.25, 0.3) is 0 Å². The maximum atomic E-state index is 10.5. The lowest BCUT2D eigenvalue weighted by molar-refractivity contribution is -0.132. The van der Waals surface area contributed by atoms with Gasteiger partial charge in [0.15, 0.2) is 0 Å². The molecule has 6 heteroatoms. The smallest absolute Gasteiger partial charge is 0.213 e. The fourth-order valence-electron chi connectivity index (χ4n) is 5.64. The molecule has 5 nitrogen and oxygen atoms in total. The van der Waals surface area contributed by atoms with Gasteiger partial charge in [-0.25, -0.2) is 0 Å². The van der Waals surface area contributed by atoms with Crippen LogP contribution in [-0.4, -0.2) is 72.9 Å². The average molecular weight is 451 g/mol. The van der Waals surface area contributed by atoms with E-state index in [0.29, 0.717) is 23.8 Å². The van der Waals surface area contributed by atoms with Crippen molar-refractivity contribution in [3.8, 4) is 0 Å². The molecule has 1 saturated carbocycles. The van der Waals surface area contributed by atoms with Gasteiger partial charge >= 0.3 is 0 Å². The summed E-state index contributed by atoms with van der Waals surface area (Å²) in [4.78, 5) is 2.34. The number of morpholine rings is 1. The zero-order chi connectivity index (χ0) is 21.5. The highest BCUT2D eigenvalue weighted by Gasteiger charge is 2.31. The van der Waals surface area contributed by atoms with Gasteiger partial charge in [-0.15, -0.1) is 0 Å². The Morgan fingerprint density at radius 1 is 1.19 bits per heavy atom. The Hall–Kier alpha value is -0.370. The Kier molecular flexibility index (Phi) is 9.35. The molecule has 2 N–H and O–H groups in total. The van der Waals surface area contributed by atoms with Gasteiger partial charge in [-0.05, 0) is 55.9 Å². The van der Waals surface area contributed by atoms with E-state index >= 15 is 0 Å². The van der Waals surface area contributed by atoms with E-state index in [9.17, 15) is 5.11 Å². The summed E-state index contributed by atoms with van der Waals surface area (Å²) in [6, 6.07) is 0.333. The molecule has 0 radical (unpaired) electrons. The van der Waals surface area contributed by atoms with Crippen molar-refractivity contribution >= 4 is 11.8 Å². The molecule has 0 bridgehead atoms. The predicted molar refractivity (Wildman–Crippen MR) is 128 cm³/mol. The lowest BCUT2D eigenvalue weighted by Gasteiger charge is -2.36. The average Bonchev–Trinajstić information content (AvgIpc) is 2.80. The van der Waals surface area contributed by atoms with Crippen LogP contribution in [0.1, 0.15) is 58.3 Å². The highest BCUT2D eigenvalue weighted by molar-refractivity contribution is 8.00. The van der Waals surface area contributed by atoms with Crippen molar-refractivity contribution in [3.05, 3.63) is 23.3 Å². The number of thioether (sulfide) groups is 1. The van der Waals surface area contributed by atoms with Crippen molar-refractivity contribution in [2.45, 2.75) is 76.0 Å². The van der Waals surface area contributed by atoms with E-state index in [-0.39, 0.29) is 0 Å². The predicted octanol–water partition coefficient (Wildman–Crippen LogP) is 3.94. The van der Waals surface area contributed by atoms with Gasteiger partial charge in [0.05, 0.1) is 19.8 Å². The van der Waals surface area contributed by atoms with Gasteiger partial charge < -0.3 is 14.6 Å². The standard InChI is InChI=1S/C25H42N2O3S/c1-19-10-11-20-6-2-3-7-21(20)22(19)18-31-24-9-5-4-8-23(24)26-25(28)30-17-14-27-12-15-29-16-13-27/h3,7,19-20,23-26,28H,2,4-6,8-18H2,1H3/t19?,20?,23?,24?,25-/m0/s1. The number of hydrogen-bond acceptors (Lipinski definition) is 6. The maximum Gasteiger partial charge on any atom is 0.213 e. The quantitative estimate of drug-likeness (QED) is 0.519. The first-order valence-corrected chi connectivity index (χ1v) is 13.6. The monoisotopic (exact) mass is 450 g/mol. The van der Waals surface area contributed by atoms with Gasteiger partial charge in [0, 0.05) is 36.7 Å². The van der Waals surface area contributed by atoms with E-state index in [4.69, 9.17) is 9.47 Å². The second kappa shape index (κ2) is 12.2. The van der Waals surface area contributed by atoms with Gasteiger partial charge in [-0.3, -0.25) is 10.2 Å². The molecule has 5 atom stereocenters. The summed E-state index contributed by atoms with van der Waals surface area (Å²) in [5.41, 5.74) is 3.35. The Labute approximate surface area is 193 Å². The van der Waals surface area contributed by atoms with Crippen molar-refractivity contribution in [1.82, 2.24) is 10.2 Å². The van der Waals surface area contributed by atoms with Crippen molar-refractivity contribution < 1.29 is 14.6 Å². The van der Waals surface area contributed by atoms with Crippen molar-refractivity contribution in [2.24, 2.45) is 11.8 Å². The minimum atomic E-state index is -0.867. The first-order valence-electron chi connectivity index (χ1n) is 12.6. The van der Waals surface area contributed by atoms with E-state index in [1.165, 1.54) is 44.9 Å². The van der Waals surface area contributed by atoms with E-state index in [2.05, 4.69) is 41.1 Å². The molecule has 2 fully saturated rings.